The number of nitrogen functional groups attached to an aromatic ring is 2. The molecular weight excluding hydrogens is 182 g/mol. The molecule has 7 nitrogen and oxygen atoms in total. The fourth-order valence-corrected chi connectivity index (χ4v) is 1.07. The van der Waals surface area contributed by atoms with Crippen LogP contribution in [0.2, 0.25) is 0 Å². The highest BCUT2D eigenvalue weighted by molar-refractivity contribution is 5.25. The summed E-state index contributed by atoms with van der Waals surface area (Å²) in [6.07, 6.45) is 3.48. The molecule has 0 fully saturated rings. The number of nitrogens with two attached hydrogens (primary N) is 2. The molecule has 4 N–H and O–H groups in total. The second-order valence-corrected chi connectivity index (χ2v) is 2.67. The van der Waals surface area contributed by atoms with Crippen LogP contribution >= 0.6 is 0 Å². The molecule has 2 aromatic rings. The molecule has 72 valence electrons. The Morgan fingerprint density at radius 2 is 1.86 bits per heavy atom. The van der Waals surface area contributed by atoms with Gasteiger partial charge in [0.25, 0.3) is 0 Å². The largest absolute Gasteiger partial charge is 0.368 e. The van der Waals surface area contributed by atoms with E-state index in [9.17, 15) is 0 Å². The molecule has 0 saturated heterocycles. The van der Waals surface area contributed by atoms with Crippen molar-refractivity contribution in [2.75, 3.05) is 11.5 Å². The van der Waals surface area contributed by atoms with E-state index in [0.717, 1.165) is 0 Å². The second-order valence-electron chi connectivity index (χ2n) is 2.67. The van der Waals surface area contributed by atoms with Gasteiger partial charge >= 0.3 is 0 Å². The van der Waals surface area contributed by atoms with Gasteiger partial charge in [0, 0.05) is 12.4 Å². The van der Waals surface area contributed by atoms with Gasteiger partial charge in [-0.25, -0.2) is 0 Å². The normalized spacial score (nSPS) is 10.3. The van der Waals surface area contributed by atoms with E-state index in [1.54, 1.807) is 17.1 Å². The van der Waals surface area contributed by atoms with E-state index in [1.165, 1.54) is 0 Å². The first-order valence-electron chi connectivity index (χ1n) is 3.97. The SMILES string of the molecule is Nc1nc(N)nc(Cn2cccn2)n1. The van der Waals surface area contributed by atoms with Gasteiger partial charge in [0.2, 0.25) is 11.9 Å². The van der Waals surface area contributed by atoms with E-state index >= 15 is 0 Å². The van der Waals surface area contributed by atoms with Gasteiger partial charge in [0.1, 0.15) is 6.54 Å². The van der Waals surface area contributed by atoms with Crippen LogP contribution in [0.1, 0.15) is 5.82 Å². The number of rotatable bonds is 2. The summed E-state index contributed by atoms with van der Waals surface area (Å²) >= 11 is 0. The molecule has 0 amide bonds. The van der Waals surface area contributed by atoms with Crippen molar-refractivity contribution >= 4 is 11.9 Å². The first-order valence-corrected chi connectivity index (χ1v) is 3.97. The molecule has 2 aromatic heterocycles. The van der Waals surface area contributed by atoms with Crippen molar-refractivity contribution in [3.8, 4) is 0 Å². The molecule has 14 heavy (non-hydrogen) atoms. The van der Waals surface area contributed by atoms with Crippen LogP contribution in [0.3, 0.4) is 0 Å². The summed E-state index contributed by atoms with van der Waals surface area (Å²) in [6.45, 7) is 0.434. The molecule has 0 saturated carbocycles. The van der Waals surface area contributed by atoms with E-state index in [1.807, 2.05) is 6.07 Å². The molecule has 0 spiro atoms. The van der Waals surface area contributed by atoms with Crippen LogP contribution < -0.4 is 11.5 Å². The van der Waals surface area contributed by atoms with Crippen molar-refractivity contribution in [3.63, 3.8) is 0 Å². The fourth-order valence-electron chi connectivity index (χ4n) is 1.07. The Labute approximate surface area is 79.8 Å². The summed E-state index contributed by atoms with van der Waals surface area (Å²) in [5.74, 6) is 0.748. The van der Waals surface area contributed by atoms with E-state index < -0.39 is 0 Å². The van der Waals surface area contributed by atoms with Crippen molar-refractivity contribution in [2.24, 2.45) is 0 Å². The molecule has 0 aliphatic heterocycles. The average Bonchev–Trinajstić information content (AvgIpc) is 2.54. The lowest BCUT2D eigenvalue weighted by molar-refractivity contribution is 0.654. The molecule has 7 heteroatoms. The Morgan fingerprint density at radius 1 is 1.14 bits per heavy atom. The zero-order valence-electron chi connectivity index (χ0n) is 7.33. The highest BCUT2D eigenvalue weighted by Crippen LogP contribution is 2.00. The van der Waals surface area contributed by atoms with E-state index in [2.05, 4.69) is 20.1 Å². The molecule has 0 radical (unpaired) electrons. The lowest BCUT2D eigenvalue weighted by atomic mass is 10.6. The van der Waals surface area contributed by atoms with Gasteiger partial charge in [0.05, 0.1) is 0 Å². The zero-order chi connectivity index (χ0) is 9.97. The topological polar surface area (TPSA) is 109 Å². The van der Waals surface area contributed by atoms with Crippen molar-refractivity contribution in [3.05, 3.63) is 24.3 Å². The maximum absolute atomic E-state index is 5.42. The smallest absolute Gasteiger partial charge is 0.225 e. The van der Waals surface area contributed by atoms with Gasteiger partial charge < -0.3 is 11.5 Å². The van der Waals surface area contributed by atoms with Gasteiger partial charge in [-0.3, -0.25) is 4.68 Å². The Bertz CT molecular complexity index is 401. The lowest BCUT2D eigenvalue weighted by Crippen LogP contribution is -2.10. The van der Waals surface area contributed by atoms with E-state index in [-0.39, 0.29) is 11.9 Å². The summed E-state index contributed by atoms with van der Waals surface area (Å²) in [5, 5.41) is 4.01. The third-order valence-electron chi connectivity index (χ3n) is 1.58. The maximum atomic E-state index is 5.42. The number of hydrogen-bond donors (Lipinski definition) is 2. The van der Waals surface area contributed by atoms with Gasteiger partial charge in [-0.1, -0.05) is 0 Å². The van der Waals surface area contributed by atoms with Crippen LogP contribution in [0.15, 0.2) is 18.5 Å². The first-order chi connectivity index (χ1) is 6.74. The second kappa shape index (κ2) is 3.29. The van der Waals surface area contributed by atoms with Crippen molar-refractivity contribution in [1.29, 1.82) is 0 Å². The molecule has 0 bridgehead atoms. The lowest BCUT2D eigenvalue weighted by Gasteiger charge is -2.01. The van der Waals surface area contributed by atoms with Gasteiger partial charge in [0.15, 0.2) is 5.82 Å². The Kier molecular flexibility index (Phi) is 1.98. The predicted molar refractivity (Wildman–Crippen MR) is 50.0 cm³/mol. The molecule has 0 aromatic carbocycles. The van der Waals surface area contributed by atoms with Crippen LogP contribution in [0.4, 0.5) is 11.9 Å². The van der Waals surface area contributed by atoms with Crippen molar-refractivity contribution in [1.82, 2.24) is 24.7 Å². The summed E-state index contributed by atoms with van der Waals surface area (Å²) in [5.41, 5.74) is 10.8. The van der Waals surface area contributed by atoms with E-state index in [0.29, 0.717) is 12.4 Å². The molecule has 0 aliphatic rings. The van der Waals surface area contributed by atoms with Gasteiger partial charge in [-0.05, 0) is 6.07 Å². The maximum Gasteiger partial charge on any atom is 0.225 e. The molecule has 0 aliphatic carbocycles. The minimum atomic E-state index is 0.125. The Balaban J connectivity index is 2.25. The van der Waals surface area contributed by atoms with E-state index in [4.69, 9.17) is 11.5 Å². The van der Waals surface area contributed by atoms with Crippen LogP contribution in [-0.2, 0) is 6.54 Å². The highest BCUT2D eigenvalue weighted by Gasteiger charge is 2.02. The Morgan fingerprint density at radius 3 is 2.43 bits per heavy atom. The Hall–Kier alpha value is -2.18. The predicted octanol–water partition coefficient (Wildman–Crippen LogP) is -0.719. The van der Waals surface area contributed by atoms with Gasteiger partial charge in [-0.2, -0.15) is 20.1 Å². The monoisotopic (exact) mass is 191 g/mol. The zero-order valence-corrected chi connectivity index (χ0v) is 7.33. The minimum Gasteiger partial charge on any atom is -0.368 e. The molecule has 0 atom stereocenters. The third-order valence-corrected chi connectivity index (χ3v) is 1.58. The third kappa shape index (κ3) is 1.76. The summed E-state index contributed by atoms with van der Waals surface area (Å²) < 4.78 is 1.67. The number of hydrogen-bond acceptors (Lipinski definition) is 6. The summed E-state index contributed by atoms with van der Waals surface area (Å²) in [4.78, 5) is 11.5. The van der Waals surface area contributed by atoms with Crippen molar-refractivity contribution < 1.29 is 0 Å². The molecule has 0 unspecified atom stereocenters. The van der Waals surface area contributed by atoms with Crippen LogP contribution in [-0.4, -0.2) is 24.7 Å². The quantitative estimate of drug-likeness (QED) is 0.648. The van der Waals surface area contributed by atoms with Crippen LogP contribution in [0.25, 0.3) is 0 Å². The molecular formula is C7H9N7. The number of anilines is 2. The summed E-state index contributed by atoms with van der Waals surface area (Å²) in [6, 6.07) is 1.81. The average molecular weight is 191 g/mol. The summed E-state index contributed by atoms with van der Waals surface area (Å²) in [7, 11) is 0. The number of aromatic nitrogens is 5. The first kappa shape index (κ1) is 8.42. The van der Waals surface area contributed by atoms with Crippen molar-refractivity contribution in [2.45, 2.75) is 6.54 Å². The highest BCUT2D eigenvalue weighted by atomic mass is 15.3. The molecule has 2 rings (SSSR count). The molecule has 2 heterocycles. The standard InChI is InChI=1S/C7H9N7/c8-6-11-5(12-7(9)13-6)4-14-3-1-2-10-14/h1-3H,4H2,(H4,8,9,11,12,13). The number of nitrogens with zero attached hydrogens (tertiary/aromatic N) is 5. The van der Waals surface area contributed by atoms with Crippen LogP contribution in [0, 0.1) is 0 Å². The minimum absolute atomic E-state index is 0.125. The fraction of sp³-hybridized carbons (Fsp3) is 0.143. The van der Waals surface area contributed by atoms with Crippen LogP contribution in [0.5, 0.6) is 0 Å². The van der Waals surface area contributed by atoms with Gasteiger partial charge in [-0.15, -0.1) is 0 Å².